The van der Waals surface area contributed by atoms with Gasteiger partial charge in [-0.25, -0.2) is 0 Å². The van der Waals surface area contributed by atoms with Gasteiger partial charge in [0.05, 0.1) is 18.8 Å². The Bertz CT molecular complexity index is 650. The zero-order valence-corrected chi connectivity index (χ0v) is 16.7. The van der Waals surface area contributed by atoms with Crippen molar-refractivity contribution >= 4 is 26.7 Å². The second-order valence-electron chi connectivity index (χ2n) is 4.47. The minimum atomic E-state index is -4.29. The van der Waals surface area contributed by atoms with Crippen LogP contribution in [0.15, 0.2) is 11.0 Å². The van der Waals surface area contributed by atoms with Gasteiger partial charge in [-0.1, -0.05) is 0 Å². The molecule has 2 atom stereocenters. The summed E-state index contributed by atoms with van der Waals surface area (Å²) in [6.07, 6.45) is 1.81. The molecule has 0 aromatic carbocycles. The number of rotatable bonds is 5. The van der Waals surface area contributed by atoms with Crippen LogP contribution in [0.25, 0.3) is 0 Å². The molecule has 11 nitrogen and oxygen atoms in total. The zero-order chi connectivity index (χ0) is 21.6. The van der Waals surface area contributed by atoms with Crippen LogP contribution in [-0.4, -0.2) is 74.8 Å². The minimum Gasteiger partial charge on any atom is -0.400 e. The van der Waals surface area contributed by atoms with E-state index in [-0.39, 0.29) is 16.9 Å². The topological polar surface area (TPSA) is 174 Å². The molecule has 0 amide bonds. The van der Waals surface area contributed by atoms with E-state index in [0.717, 1.165) is 14.2 Å². The third-order valence-corrected chi connectivity index (χ3v) is 3.76. The summed E-state index contributed by atoms with van der Waals surface area (Å²) in [6, 6.07) is 0. The number of halogens is 1. The molecule has 1 aliphatic heterocycles. The number of carbonyl (C=O) groups excluding carboxylic acids is 1. The summed E-state index contributed by atoms with van der Waals surface area (Å²) < 4.78 is 21.1. The number of hydrogen-bond acceptors (Lipinski definition) is 10. The Labute approximate surface area is 160 Å². The summed E-state index contributed by atoms with van der Waals surface area (Å²) in [5.74, 6) is 0. The van der Waals surface area contributed by atoms with Crippen LogP contribution in [0.3, 0.4) is 0 Å². The highest BCUT2D eigenvalue weighted by atomic mass is 32.1. The first-order valence-corrected chi connectivity index (χ1v) is 9.22. The number of H-pyrrole nitrogens is 1. The van der Waals surface area contributed by atoms with Crippen molar-refractivity contribution in [1.82, 2.24) is 9.55 Å². The molecule has 27 heavy (non-hydrogen) atoms. The Morgan fingerprint density at radius 2 is 1.89 bits per heavy atom. The van der Waals surface area contributed by atoms with E-state index in [1.165, 1.54) is 10.8 Å². The second kappa shape index (κ2) is 14.9. The molecule has 1 aromatic rings. The summed E-state index contributed by atoms with van der Waals surface area (Å²) in [4.78, 5) is 50.8. The summed E-state index contributed by atoms with van der Waals surface area (Å²) in [5.41, 5.74) is -0.641. The molecule has 1 fully saturated rings. The van der Waals surface area contributed by atoms with E-state index in [9.17, 15) is 14.0 Å². The van der Waals surface area contributed by atoms with Crippen LogP contribution in [0.1, 0.15) is 29.4 Å². The highest BCUT2D eigenvalue weighted by Gasteiger charge is 2.37. The van der Waals surface area contributed by atoms with Gasteiger partial charge in [-0.05, 0) is 25.1 Å². The van der Waals surface area contributed by atoms with Crippen LogP contribution in [0.4, 0.5) is 4.39 Å². The van der Waals surface area contributed by atoms with Crippen LogP contribution in [-0.2, 0) is 9.26 Å². The average molecular weight is 435 g/mol. The Balaban J connectivity index is 0. The van der Waals surface area contributed by atoms with Crippen LogP contribution >= 0.6 is 20.4 Å². The Kier molecular flexibility index (Phi) is 15.4. The van der Waals surface area contributed by atoms with Crippen molar-refractivity contribution in [1.29, 1.82) is 0 Å². The number of hydrogen-bond donors (Lipinski definition) is 6. The summed E-state index contributed by atoms with van der Waals surface area (Å²) in [7, 11) is -1.79. The molecule has 2 rings (SSSR count). The fourth-order valence-electron chi connectivity index (χ4n) is 2.00. The van der Waals surface area contributed by atoms with Crippen molar-refractivity contribution in [3.63, 3.8) is 0 Å². The molecule has 1 aromatic heterocycles. The molecule has 0 aliphatic carbocycles. The first-order chi connectivity index (χ1) is 12.8. The fourth-order valence-corrected chi connectivity index (χ4v) is 2.63. The van der Waals surface area contributed by atoms with Crippen molar-refractivity contribution in [3.05, 3.63) is 26.9 Å². The SMILES string of the molecule is CF.CO.CO.O=Cc1cn(C2CCC(CO[P+](O)(O)O)O2)c(=S)[nH]c1=O. The lowest BCUT2D eigenvalue weighted by atomic mass is 10.2. The fraction of sp³-hybridized carbons (Fsp3) is 0.615. The highest BCUT2D eigenvalue weighted by molar-refractivity contribution is 7.71. The molecule has 2 unspecified atom stereocenters. The van der Waals surface area contributed by atoms with Crippen molar-refractivity contribution < 1.29 is 43.3 Å². The first-order valence-electron chi connectivity index (χ1n) is 7.25. The number of nitrogens with one attached hydrogen (secondary N) is 1. The van der Waals surface area contributed by atoms with Gasteiger partial charge in [-0.15, -0.1) is 0 Å². The van der Waals surface area contributed by atoms with Crippen molar-refractivity contribution in [3.8, 4) is 0 Å². The van der Waals surface area contributed by atoms with Gasteiger partial charge < -0.3 is 14.9 Å². The number of alkyl halides is 1. The predicted molar refractivity (Wildman–Crippen MR) is 97.3 cm³/mol. The monoisotopic (exact) mass is 435 g/mol. The number of ether oxygens (including phenoxy) is 1. The number of aromatic amines is 1. The van der Waals surface area contributed by atoms with Crippen LogP contribution in [0, 0.1) is 4.77 Å². The van der Waals surface area contributed by atoms with Gasteiger partial charge in [-0.3, -0.25) is 23.5 Å². The highest BCUT2D eigenvalue weighted by Crippen LogP contribution is 2.46. The third kappa shape index (κ3) is 10.1. The second-order valence-corrected chi connectivity index (χ2v) is 6.14. The standard InChI is InChI=1S/C10H13N2O7PS.CH3F.2CH4O/c13-4-6-3-12(10(21)11-9(6)14)8-2-1-7(19-8)5-18-20(15,16)17;3*1-2/h3-4,7-8,15-17H,1-2,5H2;1H3;2*2H,1H3/p+1. The lowest BCUT2D eigenvalue weighted by Crippen LogP contribution is -2.22. The Morgan fingerprint density at radius 3 is 2.37 bits per heavy atom. The molecule has 6 N–H and O–H groups in total. The lowest BCUT2D eigenvalue weighted by Gasteiger charge is -2.16. The number of aliphatic hydroxyl groups is 2. The number of aliphatic hydroxyl groups excluding tert-OH is 2. The van der Waals surface area contributed by atoms with Crippen LogP contribution < -0.4 is 5.56 Å². The largest absolute Gasteiger partial charge is 0.567 e. The number of carbonyl (C=O) groups is 1. The van der Waals surface area contributed by atoms with E-state index in [1.807, 2.05) is 0 Å². The van der Waals surface area contributed by atoms with Gasteiger partial charge >= 0.3 is 8.17 Å². The Morgan fingerprint density at radius 1 is 1.33 bits per heavy atom. The van der Waals surface area contributed by atoms with Gasteiger partial charge in [-0.2, -0.15) is 19.2 Å². The summed E-state index contributed by atoms with van der Waals surface area (Å²) in [5, 5.41) is 14.0. The molecule has 1 aliphatic rings. The van der Waals surface area contributed by atoms with E-state index in [1.54, 1.807) is 0 Å². The van der Waals surface area contributed by atoms with E-state index < -0.39 is 26.1 Å². The summed E-state index contributed by atoms with van der Waals surface area (Å²) in [6.45, 7) is -0.189. The smallest absolute Gasteiger partial charge is 0.400 e. The number of nitrogens with zero attached hydrogens (tertiary/aromatic N) is 1. The maximum absolute atomic E-state index is 11.4. The van der Waals surface area contributed by atoms with Crippen molar-refractivity contribution in [2.24, 2.45) is 0 Å². The molecule has 0 bridgehead atoms. The Hall–Kier alpha value is -1.15. The van der Waals surface area contributed by atoms with Gasteiger partial charge in [0.1, 0.15) is 12.8 Å². The van der Waals surface area contributed by atoms with E-state index >= 15 is 0 Å². The molecular formula is C13H25FN2O9PS+. The molecule has 0 radical (unpaired) electrons. The molecule has 0 saturated carbocycles. The average Bonchev–Trinajstić information content (AvgIpc) is 3.13. The van der Waals surface area contributed by atoms with Gasteiger partial charge in [0.15, 0.2) is 11.1 Å². The molecule has 0 spiro atoms. The van der Waals surface area contributed by atoms with E-state index in [4.69, 9.17) is 41.8 Å². The lowest BCUT2D eigenvalue weighted by molar-refractivity contribution is -0.0263. The normalized spacial score (nSPS) is 18.1. The maximum atomic E-state index is 11.4. The first kappa shape index (κ1) is 28.1. The third-order valence-electron chi connectivity index (χ3n) is 2.95. The van der Waals surface area contributed by atoms with Gasteiger partial charge in [0, 0.05) is 20.4 Å². The van der Waals surface area contributed by atoms with Gasteiger partial charge in [0.25, 0.3) is 5.56 Å². The molecular weight excluding hydrogens is 410 g/mol. The zero-order valence-electron chi connectivity index (χ0n) is 15.0. The van der Waals surface area contributed by atoms with Crippen molar-refractivity contribution in [2.75, 3.05) is 28.0 Å². The van der Waals surface area contributed by atoms with Crippen molar-refractivity contribution in [2.45, 2.75) is 25.2 Å². The van der Waals surface area contributed by atoms with Crippen LogP contribution in [0.5, 0.6) is 0 Å². The quantitative estimate of drug-likeness (QED) is 0.208. The minimum absolute atomic E-state index is 0.0714. The van der Waals surface area contributed by atoms with E-state index in [2.05, 4.69) is 9.51 Å². The van der Waals surface area contributed by atoms with Gasteiger partial charge in [0.2, 0.25) is 0 Å². The molecule has 14 heteroatoms. The van der Waals surface area contributed by atoms with E-state index in [0.29, 0.717) is 26.3 Å². The molecule has 158 valence electrons. The number of aldehydes is 1. The summed E-state index contributed by atoms with van der Waals surface area (Å²) >= 11 is 5.01. The molecule has 2 heterocycles. The predicted octanol–water partition coefficient (Wildman–Crippen LogP) is -0.130. The van der Waals surface area contributed by atoms with Crippen LogP contribution in [0.2, 0.25) is 0 Å². The molecule has 1 saturated heterocycles. The maximum Gasteiger partial charge on any atom is 0.567 e. The number of aromatic nitrogens is 2.